The highest BCUT2D eigenvalue weighted by Crippen LogP contribution is 2.46. The van der Waals surface area contributed by atoms with Crippen molar-refractivity contribution in [1.82, 2.24) is 19.9 Å². The summed E-state index contributed by atoms with van der Waals surface area (Å²) in [7, 11) is 0. The van der Waals surface area contributed by atoms with E-state index in [1.165, 1.54) is 11.3 Å². The van der Waals surface area contributed by atoms with Gasteiger partial charge < -0.3 is 30.7 Å². The van der Waals surface area contributed by atoms with Gasteiger partial charge in [-0.3, -0.25) is 4.98 Å². The first-order valence-corrected chi connectivity index (χ1v) is 14.4. The lowest BCUT2D eigenvalue weighted by molar-refractivity contribution is 0.00446. The number of aliphatic hydroxyl groups is 3. The number of anilines is 2. The Morgan fingerprint density at radius 3 is 2.52 bits per heavy atom. The molecule has 4 aromatic rings. The molecule has 2 aliphatic carbocycles. The first-order valence-electron chi connectivity index (χ1n) is 13.6. The van der Waals surface area contributed by atoms with Crippen LogP contribution in [-0.2, 0) is 0 Å². The number of aliphatic hydroxyl groups excluding tert-OH is 3. The summed E-state index contributed by atoms with van der Waals surface area (Å²) in [4.78, 5) is 18.9. The lowest BCUT2D eigenvalue weighted by Gasteiger charge is -2.22. The molecule has 0 spiro atoms. The Morgan fingerprint density at radius 1 is 1.02 bits per heavy atom. The van der Waals surface area contributed by atoms with Gasteiger partial charge in [-0.1, -0.05) is 18.2 Å². The molecular formula is C29H34N6O4S. The molecule has 0 bridgehead atoms. The number of benzene rings is 1. The zero-order chi connectivity index (χ0) is 27.9. The molecule has 0 amide bonds. The number of ether oxygens (including phenoxy) is 1. The largest absolute Gasteiger partial charge is 0.493 e. The molecule has 210 valence electrons. The van der Waals surface area contributed by atoms with Crippen molar-refractivity contribution in [1.29, 1.82) is 0 Å². The Morgan fingerprint density at radius 2 is 1.82 bits per heavy atom. The molecule has 2 aliphatic rings. The number of nitrogens with zero attached hydrogens (tertiary/aromatic N) is 4. The molecule has 1 aromatic carbocycles. The molecule has 2 saturated carbocycles. The van der Waals surface area contributed by atoms with Crippen LogP contribution in [0.3, 0.4) is 0 Å². The van der Waals surface area contributed by atoms with E-state index in [0.717, 1.165) is 50.8 Å². The Bertz CT molecular complexity index is 1490. The van der Waals surface area contributed by atoms with Gasteiger partial charge in [-0.2, -0.15) is 4.98 Å². The van der Waals surface area contributed by atoms with Crippen LogP contribution in [0.5, 0.6) is 5.75 Å². The monoisotopic (exact) mass is 562 g/mol. The molecule has 3 heterocycles. The third kappa shape index (κ3) is 5.34. The minimum atomic E-state index is -1.04. The topological polar surface area (TPSA) is 146 Å². The molecule has 6 rings (SSSR count). The zero-order valence-electron chi connectivity index (χ0n) is 22.5. The Labute approximate surface area is 236 Å². The number of fused-ring (bicyclic) bond motifs is 1. The van der Waals surface area contributed by atoms with Crippen molar-refractivity contribution < 1.29 is 20.1 Å². The molecule has 0 radical (unpaired) electrons. The van der Waals surface area contributed by atoms with E-state index in [-0.39, 0.29) is 12.0 Å². The second-order valence-electron chi connectivity index (χ2n) is 11.0. The molecule has 0 unspecified atom stereocenters. The average molecular weight is 563 g/mol. The number of nitrogens with one attached hydrogen (secondary N) is 2. The van der Waals surface area contributed by atoms with Crippen molar-refractivity contribution in [3.05, 3.63) is 54.0 Å². The fraction of sp³-hybridized carbons (Fsp3) is 0.448. The standard InChI is InChI=1S/C29H34N6O4S/c1-16-22(27-34-23-17(2)30-11-8-21(23)40-27)26(33-20-12-18(13-36)24(37)25(20)38)35-28(32-16)31-14-29(9-10-29)15-39-19-6-4-3-5-7-19/h3-8,11,18,20,24-25,36-38H,9-10,12-15H2,1-2H3,(H2,31,32,33,35)/t18-,20-,24-,25+/m1/s1. The number of pyridine rings is 1. The molecular weight excluding hydrogens is 528 g/mol. The van der Waals surface area contributed by atoms with Gasteiger partial charge in [-0.25, -0.2) is 9.97 Å². The number of hydrogen-bond donors (Lipinski definition) is 5. The molecule has 0 saturated heterocycles. The summed E-state index contributed by atoms with van der Waals surface area (Å²) in [6.07, 6.45) is 2.25. The van der Waals surface area contributed by atoms with Gasteiger partial charge in [0.2, 0.25) is 5.95 Å². The first kappa shape index (κ1) is 26.8. The smallest absolute Gasteiger partial charge is 0.224 e. The number of hydrogen-bond acceptors (Lipinski definition) is 11. The fourth-order valence-corrected chi connectivity index (χ4v) is 6.40. The summed E-state index contributed by atoms with van der Waals surface area (Å²) in [6, 6.07) is 11.3. The fourth-order valence-electron chi connectivity index (χ4n) is 5.29. The quantitative estimate of drug-likeness (QED) is 0.195. The number of aryl methyl sites for hydroxylation is 2. The highest BCUT2D eigenvalue weighted by atomic mass is 32.1. The molecule has 0 aliphatic heterocycles. The first-order chi connectivity index (χ1) is 19.4. The highest BCUT2D eigenvalue weighted by Gasteiger charge is 2.44. The predicted octanol–water partition coefficient (Wildman–Crippen LogP) is 3.55. The van der Waals surface area contributed by atoms with Crippen LogP contribution in [0, 0.1) is 25.2 Å². The predicted molar refractivity (Wildman–Crippen MR) is 155 cm³/mol. The summed E-state index contributed by atoms with van der Waals surface area (Å²) in [5.74, 6) is 1.45. The van der Waals surface area contributed by atoms with Gasteiger partial charge in [-0.15, -0.1) is 11.3 Å². The van der Waals surface area contributed by atoms with Gasteiger partial charge in [0.05, 0.1) is 40.4 Å². The molecule has 10 nitrogen and oxygen atoms in total. The second kappa shape index (κ2) is 10.9. The normalized spacial score (nSPS) is 23.3. The number of para-hydroxylation sites is 1. The lowest BCUT2D eigenvalue weighted by Crippen LogP contribution is -2.36. The van der Waals surface area contributed by atoms with Crippen LogP contribution in [0.15, 0.2) is 42.6 Å². The maximum absolute atomic E-state index is 10.7. The van der Waals surface area contributed by atoms with Crippen molar-refractivity contribution in [2.75, 3.05) is 30.4 Å². The van der Waals surface area contributed by atoms with E-state index in [9.17, 15) is 15.3 Å². The van der Waals surface area contributed by atoms with E-state index in [2.05, 4.69) is 15.6 Å². The van der Waals surface area contributed by atoms with Crippen LogP contribution in [0.2, 0.25) is 0 Å². The lowest BCUT2D eigenvalue weighted by atomic mass is 10.1. The maximum atomic E-state index is 10.7. The van der Waals surface area contributed by atoms with Gasteiger partial charge in [0.1, 0.15) is 28.2 Å². The van der Waals surface area contributed by atoms with Gasteiger partial charge in [0, 0.05) is 30.7 Å². The minimum Gasteiger partial charge on any atom is -0.493 e. The maximum Gasteiger partial charge on any atom is 0.224 e. The highest BCUT2D eigenvalue weighted by molar-refractivity contribution is 7.21. The van der Waals surface area contributed by atoms with Gasteiger partial charge in [0.25, 0.3) is 0 Å². The van der Waals surface area contributed by atoms with Crippen LogP contribution < -0.4 is 15.4 Å². The Kier molecular flexibility index (Phi) is 7.30. The van der Waals surface area contributed by atoms with E-state index in [1.807, 2.05) is 50.2 Å². The SMILES string of the molecule is Cc1nc(NCC2(COc3ccccc3)CC2)nc(N[C@@H]2C[C@H](CO)[C@@H](O)[C@H]2O)c1-c1nc2c(C)nccc2s1. The third-order valence-corrected chi connectivity index (χ3v) is 9.06. The van der Waals surface area contributed by atoms with E-state index in [1.54, 1.807) is 6.20 Å². The summed E-state index contributed by atoms with van der Waals surface area (Å²) >= 11 is 1.54. The van der Waals surface area contributed by atoms with Crippen LogP contribution >= 0.6 is 11.3 Å². The summed E-state index contributed by atoms with van der Waals surface area (Å²) < 4.78 is 7.05. The van der Waals surface area contributed by atoms with Crippen molar-refractivity contribution in [3.63, 3.8) is 0 Å². The van der Waals surface area contributed by atoms with E-state index < -0.39 is 24.2 Å². The third-order valence-electron chi connectivity index (χ3n) is 8.02. The summed E-state index contributed by atoms with van der Waals surface area (Å²) in [6.45, 7) is 4.94. The summed E-state index contributed by atoms with van der Waals surface area (Å²) in [5, 5.41) is 38.4. The second-order valence-corrected chi connectivity index (χ2v) is 12.0. The van der Waals surface area contributed by atoms with Gasteiger partial charge in [0.15, 0.2) is 0 Å². The average Bonchev–Trinajstić information content (AvgIpc) is 3.52. The van der Waals surface area contributed by atoms with Crippen molar-refractivity contribution >= 4 is 33.3 Å². The van der Waals surface area contributed by atoms with Crippen molar-refractivity contribution in [2.45, 2.75) is 51.4 Å². The molecule has 5 N–H and O–H groups in total. The van der Waals surface area contributed by atoms with E-state index >= 15 is 0 Å². The van der Waals surface area contributed by atoms with Crippen LogP contribution in [0.25, 0.3) is 20.8 Å². The molecule has 3 aromatic heterocycles. The van der Waals surface area contributed by atoms with Gasteiger partial charge >= 0.3 is 0 Å². The van der Waals surface area contributed by atoms with E-state index in [4.69, 9.17) is 19.7 Å². The minimum absolute atomic E-state index is 0.0248. The van der Waals surface area contributed by atoms with E-state index in [0.29, 0.717) is 31.3 Å². The van der Waals surface area contributed by atoms with Crippen LogP contribution in [-0.4, -0.2) is 73.3 Å². The Balaban J connectivity index is 1.28. The zero-order valence-corrected chi connectivity index (χ0v) is 23.4. The molecule has 40 heavy (non-hydrogen) atoms. The molecule has 11 heteroatoms. The molecule has 2 fully saturated rings. The van der Waals surface area contributed by atoms with Crippen molar-refractivity contribution in [2.24, 2.45) is 11.3 Å². The number of aromatic nitrogens is 4. The number of thiazole rings is 1. The molecule has 4 atom stereocenters. The summed E-state index contributed by atoms with van der Waals surface area (Å²) in [5.41, 5.74) is 3.19. The number of rotatable bonds is 10. The Hall–Kier alpha value is -3.38. The van der Waals surface area contributed by atoms with Gasteiger partial charge in [-0.05, 0) is 51.3 Å². The van der Waals surface area contributed by atoms with Crippen LogP contribution in [0.1, 0.15) is 30.7 Å². The van der Waals surface area contributed by atoms with Crippen LogP contribution in [0.4, 0.5) is 11.8 Å². The van der Waals surface area contributed by atoms with Crippen molar-refractivity contribution in [3.8, 4) is 16.3 Å².